The van der Waals surface area contributed by atoms with E-state index in [9.17, 15) is 0 Å². The second-order valence-corrected chi connectivity index (χ2v) is 1.58. The summed E-state index contributed by atoms with van der Waals surface area (Å²) in [6.07, 6.45) is 0. The molecule has 1 unspecified atom stereocenters. The Morgan fingerprint density at radius 3 is 2.56 bits per heavy atom. The van der Waals surface area contributed by atoms with E-state index in [-0.39, 0.29) is 20.4 Å². The molecule has 3 heteroatoms. The Kier molecular flexibility index (Phi) is 5.00. The Hall–Kier alpha value is 0.112. The van der Waals surface area contributed by atoms with Crippen molar-refractivity contribution < 1.29 is 24.9 Å². The van der Waals surface area contributed by atoms with Gasteiger partial charge in [-0.15, -0.1) is 12.1 Å². The maximum absolute atomic E-state index is 4.78. The monoisotopic (exact) mass is 312 g/mol. The predicted octanol–water partition coefficient (Wildman–Crippen LogP) is 1.65. The molecule has 0 saturated heterocycles. The summed E-state index contributed by atoms with van der Waals surface area (Å²) < 4.78 is 4.78. The zero-order valence-corrected chi connectivity index (χ0v) is 8.54. The Morgan fingerprint density at radius 2 is 2.22 bits per heavy atom. The molecule has 1 atom stereocenters. The van der Waals surface area contributed by atoms with Crippen molar-refractivity contribution in [2.75, 3.05) is 0 Å². The second-order valence-electron chi connectivity index (χ2n) is 1.34. The third-order valence-corrected chi connectivity index (χ3v) is 1.06. The van der Waals surface area contributed by atoms with Gasteiger partial charge >= 0.3 is 0 Å². The van der Waals surface area contributed by atoms with Crippen molar-refractivity contribution in [3.63, 3.8) is 0 Å². The van der Waals surface area contributed by atoms with Crippen LogP contribution in [0.5, 0.6) is 5.75 Å². The third kappa shape index (κ3) is 2.96. The maximum Gasteiger partial charge on any atom is 0.0555 e. The van der Waals surface area contributed by atoms with Crippen molar-refractivity contribution in [2.45, 2.75) is 0 Å². The number of hydrogen-bond donors (Lipinski definition) is 0. The summed E-state index contributed by atoms with van der Waals surface area (Å²) in [6, 6.07) is 10.3. The van der Waals surface area contributed by atoms with Crippen LogP contribution < -0.4 is 4.52 Å². The summed E-state index contributed by atoms with van der Waals surface area (Å²) in [4.78, 5) is 0. The normalized spacial score (nSPS) is 7.67. The minimum Gasteiger partial charge on any atom is -0.506 e. The van der Waals surface area contributed by atoms with Crippen molar-refractivity contribution in [1.29, 1.82) is 0 Å². The first-order valence-electron chi connectivity index (χ1n) is 2.27. The third-order valence-electron chi connectivity index (χ3n) is 0.807. The minimum atomic E-state index is 0. The number of rotatable bonds is 1. The van der Waals surface area contributed by atoms with Gasteiger partial charge in [0.15, 0.2) is 0 Å². The van der Waals surface area contributed by atoms with Crippen molar-refractivity contribution in [1.82, 2.24) is 0 Å². The fourth-order valence-corrected chi connectivity index (χ4v) is 0.597. The molecule has 0 aliphatic heterocycles. The van der Waals surface area contributed by atoms with E-state index >= 15 is 0 Å². The molecule has 0 N–H and O–H groups in total. The summed E-state index contributed by atoms with van der Waals surface area (Å²) in [5.41, 5.74) is 0. The van der Waals surface area contributed by atoms with E-state index in [4.69, 9.17) is 4.52 Å². The van der Waals surface area contributed by atoms with E-state index in [1.54, 1.807) is 6.07 Å². The summed E-state index contributed by atoms with van der Waals surface area (Å²) in [7, 11) is 2.16. The van der Waals surface area contributed by atoms with Gasteiger partial charge in [0.25, 0.3) is 0 Å². The summed E-state index contributed by atoms with van der Waals surface area (Å²) >= 11 is 0. The van der Waals surface area contributed by atoms with Crippen molar-refractivity contribution >= 4 is 9.47 Å². The Morgan fingerprint density at radius 1 is 1.44 bits per heavy atom. The molecular formula is C6H6OPRe-. The standard InChI is InChI=1S/C6H6OP.Re/c8-7-6-4-2-1-3-5-6;/h1-4H,8H2;/q-1;. The van der Waals surface area contributed by atoms with Crippen molar-refractivity contribution in [2.24, 2.45) is 0 Å². The largest absolute Gasteiger partial charge is 0.506 e. The number of benzene rings is 1. The molecule has 0 amide bonds. The average molecular weight is 311 g/mol. The Balaban J connectivity index is 0.000000640. The zero-order chi connectivity index (χ0) is 5.82. The van der Waals surface area contributed by atoms with E-state index in [1.165, 1.54) is 0 Å². The molecule has 0 aliphatic rings. The van der Waals surface area contributed by atoms with E-state index in [2.05, 4.69) is 15.5 Å². The molecule has 0 saturated carbocycles. The van der Waals surface area contributed by atoms with Gasteiger partial charge in [0.05, 0.1) is 9.47 Å². The summed E-state index contributed by atoms with van der Waals surface area (Å²) in [5, 5.41) is 0. The summed E-state index contributed by atoms with van der Waals surface area (Å²) in [5.74, 6) is 0.748. The fourth-order valence-electron chi connectivity index (χ4n) is 0.450. The molecule has 0 heterocycles. The van der Waals surface area contributed by atoms with Gasteiger partial charge in [-0.25, -0.2) is 0 Å². The van der Waals surface area contributed by atoms with Gasteiger partial charge in [-0.05, 0) is 0 Å². The van der Waals surface area contributed by atoms with Crippen LogP contribution in [-0.4, -0.2) is 0 Å². The summed E-state index contributed by atoms with van der Waals surface area (Å²) in [6.45, 7) is 0. The van der Waals surface area contributed by atoms with Crippen LogP contribution in [0, 0.1) is 6.07 Å². The Bertz CT molecular complexity index is 154. The number of para-hydroxylation sites is 1. The molecule has 9 heavy (non-hydrogen) atoms. The smallest absolute Gasteiger partial charge is 0.0555 e. The molecular weight excluding hydrogens is 305 g/mol. The van der Waals surface area contributed by atoms with Crippen LogP contribution >= 0.6 is 9.47 Å². The van der Waals surface area contributed by atoms with Crippen molar-refractivity contribution in [3.8, 4) is 5.75 Å². The molecule has 1 nitrogen and oxygen atoms in total. The van der Waals surface area contributed by atoms with Gasteiger partial charge < -0.3 is 4.52 Å². The van der Waals surface area contributed by atoms with Gasteiger partial charge in [0.1, 0.15) is 0 Å². The molecule has 0 fully saturated rings. The fraction of sp³-hybridized carbons (Fsp3) is 0. The van der Waals surface area contributed by atoms with Crippen LogP contribution in [0.15, 0.2) is 24.3 Å². The first-order valence-corrected chi connectivity index (χ1v) is 2.74. The predicted molar refractivity (Wildman–Crippen MR) is 35.6 cm³/mol. The first-order chi connectivity index (χ1) is 3.93. The van der Waals surface area contributed by atoms with Gasteiger partial charge in [-0.3, -0.25) is 0 Å². The van der Waals surface area contributed by atoms with Crippen LogP contribution in [-0.2, 0) is 20.4 Å². The number of hydrogen-bond acceptors (Lipinski definition) is 1. The van der Waals surface area contributed by atoms with Crippen LogP contribution in [0.4, 0.5) is 0 Å². The second kappa shape index (κ2) is 4.94. The molecule has 1 aromatic rings. The van der Waals surface area contributed by atoms with Crippen LogP contribution in [0.1, 0.15) is 0 Å². The minimum absolute atomic E-state index is 0. The van der Waals surface area contributed by atoms with E-state index in [0.29, 0.717) is 0 Å². The molecule has 1 aromatic carbocycles. The van der Waals surface area contributed by atoms with E-state index < -0.39 is 0 Å². The quantitative estimate of drug-likeness (QED) is 0.566. The zero-order valence-electron chi connectivity index (χ0n) is 4.67. The van der Waals surface area contributed by atoms with E-state index in [0.717, 1.165) is 5.75 Å². The Labute approximate surface area is 70.7 Å². The molecule has 0 spiro atoms. The van der Waals surface area contributed by atoms with Crippen LogP contribution in [0.25, 0.3) is 0 Å². The van der Waals surface area contributed by atoms with Crippen molar-refractivity contribution in [3.05, 3.63) is 30.3 Å². The first kappa shape index (κ1) is 9.11. The topological polar surface area (TPSA) is 9.23 Å². The van der Waals surface area contributed by atoms with E-state index in [1.807, 2.05) is 18.2 Å². The molecule has 0 aliphatic carbocycles. The maximum atomic E-state index is 4.78. The SMILES string of the molecule is POc1[c-]cccc1.[Re]. The molecule has 49 valence electrons. The van der Waals surface area contributed by atoms with Crippen LogP contribution in [0.2, 0.25) is 0 Å². The van der Waals surface area contributed by atoms with Gasteiger partial charge in [-0.2, -0.15) is 18.2 Å². The molecule has 0 aromatic heterocycles. The van der Waals surface area contributed by atoms with Gasteiger partial charge in [0.2, 0.25) is 0 Å². The van der Waals surface area contributed by atoms with Gasteiger partial charge in [-0.1, -0.05) is 0 Å². The van der Waals surface area contributed by atoms with Gasteiger partial charge in [0, 0.05) is 26.2 Å². The molecule has 1 rings (SSSR count). The molecule has 1 radical (unpaired) electrons. The molecule has 0 bridgehead atoms. The average Bonchev–Trinajstić information content (AvgIpc) is 1.90. The van der Waals surface area contributed by atoms with Crippen LogP contribution in [0.3, 0.4) is 0 Å².